The Balaban J connectivity index is 1.89. The summed E-state index contributed by atoms with van der Waals surface area (Å²) in [5, 5.41) is 5.40. The van der Waals surface area contributed by atoms with Gasteiger partial charge in [0.1, 0.15) is 5.82 Å². The fourth-order valence-corrected chi connectivity index (χ4v) is 3.33. The van der Waals surface area contributed by atoms with Gasteiger partial charge in [0.2, 0.25) is 0 Å². The van der Waals surface area contributed by atoms with E-state index >= 15 is 0 Å². The summed E-state index contributed by atoms with van der Waals surface area (Å²) in [5.74, 6) is 0.983. The lowest BCUT2D eigenvalue weighted by Crippen LogP contribution is -2.20. The van der Waals surface area contributed by atoms with Crippen LogP contribution in [0.5, 0.6) is 0 Å². The van der Waals surface area contributed by atoms with Crippen molar-refractivity contribution in [3.63, 3.8) is 0 Å². The average Bonchev–Trinajstić information content (AvgIpc) is 3.19. The van der Waals surface area contributed by atoms with Crippen LogP contribution in [0.4, 0.5) is 4.79 Å². The molecule has 0 bridgehead atoms. The van der Waals surface area contributed by atoms with Gasteiger partial charge >= 0.3 is 6.03 Å². The molecule has 26 heavy (non-hydrogen) atoms. The molecule has 2 aliphatic rings. The third-order valence-electron chi connectivity index (χ3n) is 4.55. The van der Waals surface area contributed by atoms with Crippen molar-refractivity contribution in [2.75, 3.05) is 7.05 Å². The van der Waals surface area contributed by atoms with Crippen LogP contribution in [0.25, 0.3) is 11.0 Å². The van der Waals surface area contributed by atoms with Gasteiger partial charge in [-0.15, -0.1) is 0 Å². The van der Waals surface area contributed by atoms with E-state index in [0.717, 1.165) is 16.9 Å². The standard InChI is InChI=1S/C19H19N5O2/c1-10(2)17-21-14-6-4-11(18(25)20-3)8-16(14)24(17)12-5-7-13-15(9-12)23-19(26)22-13/h4-10,12H,1-3H3,(H,20,25)(H,23,26). The molecule has 1 unspecified atom stereocenters. The molecule has 1 aromatic carbocycles. The molecule has 7 nitrogen and oxygen atoms in total. The first-order valence-electron chi connectivity index (χ1n) is 8.52. The fraction of sp³-hybridized carbons (Fsp3) is 0.263. The number of imidazole rings is 1. The minimum absolute atomic E-state index is 0.121. The number of hydrogen-bond acceptors (Lipinski definition) is 3. The molecule has 0 radical (unpaired) electrons. The molecule has 2 N–H and O–H groups in total. The third-order valence-corrected chi connectivity index (χ3v) is 4.55. The summed E-state index contributed by atoms with van der Waals surface area (Å²) in [4.78, 5) is 32.2. The number of urea groups is 1. The SMILES string of the molecule is CNC(=O)c1ccc2nc(C(C)C)n(C3C=CC4=NC(=O)NC4=C3)c2c1. The predicted molar refractivity (Wildman–Crippen MR) is 99.4 cm³/mol. The summed E-state index contributed by atoms with van der Waals surface area (Å²) in [7, 11) is 1.61. The minimum Gasteiger partial charge on any atom is -0.355 e. The molecule has 7 heteroatoms. The van der Waals surface area contributed by atoms with Gasteiger partial charge in [-0.05, 0) is 30.4 Å². The second-order valence-corrected chi connectivity index (χ2v) is 6.63. The highest BCUT2D eigenvalue weighted by Crippen LogP contribution is 2.30. The zero-order chi connectivity index (χ0) is 18.4. The van der Waals surface area contributed by atoms with Gasteiger partial charge in [0.15, 0.2) is 0 Å². The Morgan fingerprint density at radius 1 is 1.35 bits per heavy atom. The summed E-state index contributed by atoms with van der Waals surface area (Å²) >= 11 is 0. The number of nitrogens with one attached hydrogen (secondary N) is 2. The smallest absolute Gasteiger partial charge is 0.346 e. The van der Waals surface area contributed by atoms with E-state index in [4.69, 9.17) is 4.98 Å². The predicted octanol–water partition coefficient (Wildman–Crippen LogP) is 2.68. The fourth-order valence-electron chi connectivity index (χ4n) is 3.33. The minimum atomic E-state index is -0.349. The summed E-state index contributed by atoms with van der Waals surface area (Å²) in [6.07, 6.45) is 5.79. The Morgan fingerprint density at radius 3 is 2.88 bits per heavy atom. The summed E-state index contributed by atoms with van der Waals surface area (Å²) < 4.78 is 2.11. The van der Waals surface area contributed by atoms with E-state index in [1.54, 1.807) is 13.1 Å². The van der Waals surface area contributed by atoms with E-state index < -0.39 is 0 Å². The number of hydrogen-bond donors (Lipinski definition) is 2. The number of aromatic nitrogens is 2. The highest BCUT2D eigenvalue weighted by molar-refractivity contribution is 6.19. The van der Waals surface area contributed by atoms with E-state index in [0.29, 0.717) is 17.0 Å². The van der Waals surface area contributed by atoms with E-state index in [2.05, 4.69) is 34.0 Å². The lowest BCUT2D eigenvalue weighted by molar-refractivity contribution is 0.0963. The van der Waals surface area contributed by atoms with Crippen LogP contribution < -0.4 is 10.6 Å². The lowest BCUT2D eigenvalue weighted by atomic mass is 10.0. The van der Waals surface area contributed by atoms with Crippen molar-refractivity contribution in [2.24, 2.45) is 4.99 Å². The first kappa shape index (κ1) is 16.3. The molecule has 1 atom stereocenters. The van der Waals surface area contributed by atoms with Gasteiger partial charge in [-0.1, -0.05) is 19.9 Å². The quantitative estimate of drug-likeness (QED) is 0.893. The van der Waals surface area contributed by atoms with Gasteiger partial charge in [0, 0.05) is 18.5 Å². The first-order chi connectivity index (χ1) is 12.5. The molecular weight excluding hydrogens is 330 g/mol. The molecule has 3 amide bonds. The van der Waals surface area contributed by atoms with Crippen molar-refractivity contribution >= 4 is 28.7 Å². The van der Waals surface area contributed by atoms with Crippen molar-refractivity contribution in [1.29, 1.82) is 0 Å². The largest absolute Gasteiger partial charge is 0.355 e. The molecule has 0 spiro atoms. The molecule has 0 saturated heterocycles. The van der Waals surface area contributed by atoms with Crippen LogP contribution in [0, 0.1) is 0 Å². The highest BCUT2D eigenvalue weighted by Gasteiger charge is 2.26. The van der Waals surface area contributed by atoms with Crippen molar-refractivity contribution in [1.82, 2.24) is 20.2 Å². The molecule has 4 rings (SSSR count). The molecule has 0 fully saturated rings. The Hall–Kier alpha value is -3.22. The van der Waals surface area contributed by atoms with E-state index in [9.17, 15) is 9.59 Å². The van der Waals surface area contributed by atoms with Crippen LogP contribution in [0.1, 0.15) is 42.0 Å². The van der Waals surface area contributed by atoms with Gasteiger partial charge in [-0.3, -0.25) is 4.79 Å². The van der Waals surface area contributed by atoms with Crippen molar-refractivity contribution < 1.29 is 9.59 Å². The van der Waals surface area contributed by atoms with Crippen LogP contribution in [-0.4, -0.2) is 34.2 Å². The second kappa shape index (κ2) is 5.94. The van der Waals surface area contributed by atoms with Crippen molar-refractivity contribution in [2.45, 2.75) is 25.8 Å². The van der Waals surface area contributed by atoms with Crippen molar-refractivity contribution in [3.8, 4) is 0 Å². The van der Waals surface area contributed by atoms with Gasteiger partial charge in [0.25, 0.3) is 5.91 Å². The number of nitrogens with zero attached hydrogens (tertiary/aromatic N) is 3. The van der Waals surface area contributed by atoms with Gasteiger partial charge in [-0.2, -0.15) is 4.99 Å². The van der Waals surface area contributed by atoms with Gasteiger partial charge in [0.05, 0.1) is 28.5 Å². The van der Waals surface area contributed by atoms with Crippen LogP contribution in [0.15, 0.2) is 47.1 Å². The molecule has 1 aliphatic heterocycles. The summed E-state index contributed by atoms with van der Waals surface area (Å²) in [6, 6.07) is 5.03. The molecule has 0 saturated carbocycles. The molecular formula is C19H19N5O2. The molecule has 1 aliphatic carbocycles. The molecule has 2 heterocycles. The van der Waals surface area contributed by atoms with Gasteiger partial charge in [-0.25, -0.2) is 9.78 Å². The number of amides is 3. The normalized spacial score (nSPS) is 18.6. The maximum absolute atomic E-state index is 12.0. The molecule has 1 aromatic heterocycles. The molecule has 132 valence electrons. The summed E-state index contributed by atoms with van der Waals surface area (Å²) in [5.41, 5.74) is 3.66. The van der Waals surface area contributed by atoms with Crippen molar-refractivity contribution in [3.05, 3.63) is 53.5 Å². The maximum Gasteiger partial charge on any atom is 0.346 e. The monoisotopic (exact) mass is 349 g/mol. The lowest BCUT2D eigenvalue weighted by Gasteiger charge is -2.20. The Morgan fingerprint density at radius 2 is 2.15 bits per heavy atom. The van der Waals surface area contributed by atoms with E-state index in [-0.39, 0.29) is 23.9 Å². The number of aliphatic imine (C=N–C) groups is 1. The zero-order valence-electron chi connectivity index (χ0n) is 14.8. The summed E-state index contributed by atoms with van der Waals surface area (Å²) in [6.45, 7) is 4.17. The number of carbonyl (C=O) groups excluding carboxylic acids is 2. The Kier molecular flexibility index (Phi) is 3.72. The second-order valence-electron chi connectivity index (χ2n) is 6.63. The van der Waals surface area contributed by atoms with Crippen LogP contribution in [-0.2, 0) is 0 Å². The van der Waals surface area contributed by atoms with Crippen LogP contribution in [0.2, 0.25) is 0 Å². The average molecular weight is 349 g/mol. The Labute approximate surface area is 150 Å². The van der Waals surface area contributed by atoms with Crippen LogP contribution in [0.3, 0.4) is 0 Å². The topological polar surface area (TPSA) is 88.4 Å². The highest BCUT2D eigenvalue weighted by atomic mass is 16.2. The number of allylic oxidation sites excluding steroid dienone is 3. The number of fused-ring (bicyclic) bond motifs is 2. The zero-order valence-corrected chi connectivity index (χ0v) is 14.8. The number of rotatable bonds is 3. The van der Waals surface area contributed by atoms with E-state index in [1.165, 1.54) is 0 Å². The maximum atomic E-state index is 12.0. The Bertz CT molecular complexity index is 1030. The first-order valence-corrected chi connectivity index (χ1v) is 8.52. The molecule has 2 aromatic rings. The number of benzene rings is 1. The number of carbonyl (C=O) groups is 2. The third kappa shape index (κ3) is 2.52. The van der Waals surface area contributed by atoms with Crippen LogP contribution >= 0.6 is 0 Å². The van der Waals surface area contributed by atoms with Gasteiger partial charge < -0.3 is 15.2 Å². The van der Waals surface area contributed by atoms with E-state index in [1.807, 2.05) is 30.4 Å².